The largest absolute Gasteiger partial charge is 0.351 e. The summed E-state index contributed by atoms with van der Waals surface area (Å²) in [5.74, 6) is 1.21. The molecule has 0 spiro atoms. The fraction of sp³-hybridized carbons (Fsp3) is 0.393. The fourth-order valence-corrected chi connectivity index (χ4v) is 5.06. The summed E-state index contributed by atoms with van der Waals surface area (Å²) in [7, 11) is 0. The van der Waals surface area contributed by atoms with E-state index in [1.165, 1.54) is 47.6 Å². The van der Waals surface area contributed by atoms with Crippen LogP contribution in [-0.2, 0) is 0 Å². The lowest BCUT2D eigenvalue weighted by Crippen LogP contribution is -2.29. The molecule has 0 saturated heterocycles. The highest BCUT2D eigenvalue weighted by Gasteiger charge is 2.24. The first-order valence-corrected chi connectivity index (χ1v) is 11.9. The molecule has 4 nitrogen and oxygen atoms in total. The minimum Gasteiger partial charge on any atom is -0.351 e. The van der Waals surface area contributed by atoms with Gasteiger partial charge in [-0.25, -0.2) is 0 Å². The number of fused-ring (bicyclic) bond motifs is 1. The van der Waals surface area contributed by atoms with Crippen LogP contribution in [0.25, 0.3) is 10.8 Å². The average Bonchev–Trinajstić information content (AvgIpc) is 2.85. The standard InChI is InChI=1S/C28H35N3O/c1-20(26-11-5-8-23-7-2-3-10-27(23)26)31-19-21-6-4-9-25(18-21)22-12-14-24(15-13-22)28(32)30-17-16-29/h2-3,5,7-8,10-15,20-21,25,31H,4,6,9,16-19,29H2,1H3,(H,30,32)/t20-,21?,25?/m1/s1. The van der Waals surface area contributed by atoms with Gasteiger partial charge in [-0.15, -0.1) is 0 Å². The van der Waals surface area contributed by atoms with E-state index in [4.69, 9.17) is 5.73 Å². The highest BCUT2D eigenvalue weighted by atomic mass is 16.1. The van der Waals surface area contributed by atoms with Crippen LogP contribution in [0.4, 0.5) is 0 Å². The van der Waals surface area contributed by atoms with E-state index in [-0.39, 0.29) is 5.91 Å². The van der Waals surface area contributed by atoms with Gasteiger partial charge >= 0.3 is 0 Å². The summed E-state index contributed by atoms with van der Waals surface area (Å²) in [5.41, 5.74) is 8.91. The second-order valence-electron chi connectivity index (χ2n) is 9.09. The van der Waals surface area contributed by atoms with E-state index in [0.29, 0.717) is 36.5 Å². The van der Waals surface area contributed by atoms with Crippen molar-refractivity contribution < 1.29 is 4.79 Å². The minimum absolute atomic E-state index is 0.0462. The molecule has 0 aromatic heterocycles. The molecule has 1 aliphatic carbocycles. The van der Waals surface area contributed by atoms with E-state index < -0.39 is 0 Å². The predicted octanol–water partition coefficient (Wildman–Crippen LogP) is 5.15. The molecule has 168 valence electrons. The molecule has 3 aromatic rings. The van der Waals surface area contributed by atoms with Gasteiger partial charge in [-0.05, 0) is 78.6 Å². The van der Waals surface area contributed by atoms with Crippen LogP contribution in [0.5, 0.6) is 0 Å². The summed E-state index contributed by atoms with van der Waals surface area (Å²) in [6, 6.07) is 23.7. The molecule has 0 heterocycles. The van der Waals surface area contributed by atoms with Crippen molar-refractivity contribution in [1.82, 2.24) is 10.6 Å². The summed E-state index contributed by atoms with van der Waals surface area (Å²) in [5, 5.41) is 9.29. The number of nitrogens with one attached hydrogen (secondary N) is 2. The van der Waals surface area contributed by atoms with Gasteiger partial charge in [-0.2, -0.15) is 0 Å². The maximum atomic E-state index is 12.1. The molecule has 0 bridgehead atoms. The third kappa shape index (κ3) is 5.37. The topological polar surface area (TPSA) is 67.2 Å². The molecular weight excluding hydrogens is 394 g/mol. The highest BCUT2D eigenvalue weighted by molar-refractivity contribution is 5.94. The Morgan fingerprint density at radius 3 is 2.62 bits per heavy atom. The summed E-state index contributed by atoms with van der Waals surface area (Å²) in [4.78, 5) is 12.1. The lowest BCUT2D eigenvalue weighted by atomic mass is 9.77. The lowest BCUT2D eigenvalue weighted by molar-refractivity contribution is 0.0954. The van der Waals surface area contributed by atoms with Gasteiger partial charge in [0.05, 0.1) is 0 Å². The molecule has 1 aliphatic rings. The lowest BCUT2D eigenvalue weighted by Gasteiger charge is -2.31. The Hall–Kier alpha value is -2.69. The van der Waals surface area contributed by atoms with Gasteiger partial charge in [0.1, 0.15) is 0 Å². The van der Waals surface area contributed by atoms with Crippen LogP contribution in [0.15, 0.2) is 66.7 Å². The van der Waals surface area contributed by atoms with Crippen molar-refractivity contribution in [2.45, 2.75) is 44.6 Å². The zero-order valence-corrected chi connectivity index (χ0v) is 19.0. The van der Waals surface area contributed by atoms with Gasteiger partial charge < -0.3 is 16.4 Å². The first-order valence-electron chi connectivity index (χ1n) is 11.9. The van der Waals surface area contributed by atoms with Crippen LogP contribution in [0.2, 0.25) is 0 Å². The number of rotatable bonds is 8. The second kappa shape index (κ2) is 10.8. The van der Waals surface area contributed by atoms with Crippen LogP contribution >= 0.6 is 0 Å². The third-order valence-corrected chi connectivity index (χ3v) is 6.86. The Kier molecular flexibility index (Phi) is 7.56. The minimum atomic E-state index is -0.0462. The summed E-state index contributed by atoms with van der Waals surface area (Å²) in [6.45, 7) is 4.28. The molecule has 4 rings (SSSR count). The Bertz CT molecular complexity index is 1030. The van der Waals surface area contributed by atoms with E-state index in [1.54, 1.807) is 0 Å². The zero-order valence-electron chi connectivity index (χ0n) is 19.0. The number of carbonyl (C=O) groups is 1. The van der Waals surface area contributed by atoms with Gasteiger partial charge in [0.25, 0.3) is 5.91 Å². The van der Waals surface area contributed by atoms with Crippen molar-refractivity contribution in [3.8, 4) is 0 Å². The van der Waals surface area contributed by atoms with Gasteiger partial charge in [-0.1, -0.05) is 61.0 Å². The Morgan fingerprint density at radius 2 is 1.81 bits per heavy atom. The normalized spacial score (nSPS) is 19.6. The molecule has 0 radical (unpaired) electrons. The number of carbonyl (C=O) groups excluding carboxylic acids is 1. The van der Waals surface area contributed by atoms with Crippen LogP contribution in [-0.4, -0.2) is 25.5 Å². The van der Waals surface area contributed by atoms with Crippen molar-refractivity contribution in [2.75, 3.05) is 19.6 Å². The number of hydrogen-bond donors (Lipinski definition) is 3. The molecule has 4 N–H and O–H groups in total. The Morgan fingerprint density at radius 1 is 1.03 bits per heavy atom. The van der Waals surface area contributed by atoms with E-state index in [0.717, 1.165) is 6.54 Å². The monoisotopic (exact) mass is 429 g/mol. The molecule has 3 aromatic carbocycles. The molecule has 4 heteroatoms. The summed E-state index contributed by atoms with van der Waals surface area (Å²) in [6.07, 6.45) is 4.98. The number of nitrogens with two attached hydrogens (primary N) is 1. The van der Waals surface area contributed by atoms with E-state index >= 15 is 0 Å². The highest BCUT2D eigenvalue weighted by Crippen LogP contribution is 2.36. The molecule has 1 fully saturated rings. The van der Waals surface area contributed by atoms with Crippen LogP contribution in [0, 0.1) is 5.92 Å². The van der Waals surface area contributed by atoms with Crippen LogP contribution in [0.1, 0.15) is 66.1 Å². The van der Waals surface area contributed by atoms with Crippen molar-refractivity contribution in [3.05, 3.63) is 83.4 Å². The SMILES string of the molecule is C[C@@H](NCC1CCCC(c2ccc(C(=O)NCCN)cc2)C1)c1cccc2ccccc12. The van der Waals surface area contributed by atoms with Gasteiger partial charge in [-0.3, -0.25) is 4.79 Å². The molecule has 3 atom stereocenters. The number of amides is 1. The molecule has 1 saturated carbocycles. The third-order valence-electron chi connectivity index (χ3n) is 6.86. The first kappa shape index (κ1) is 22.5. The number of benzene rings is 3. The van der Waals surface area contributed by atoms with Crippen molar-refractivity contribution in [1.29, 1.82) is 0 Å². The van der Waals surface area contributed by atoms with Gasteiger partial charge in [0.15, 0.2) is 0 Å². The van der Waals surface area contributed by atoms with E-state index in [9.17, 15) is 4.79 Å². The molecular formula is C28H35N3O. The second-order valence-corrected chi connectivity index (χ2v) is 9.09. The van der Waals surface area contributed by atoms with E-state index in [2.05, 4.69) is 72.2 Å². The maximum absolute atomic E-state index is 12.1. The molecule has 2 unspecified atom stereocenters. The first-order chi connectivity index (χ1) is 15.7. The fourth-order valence-electron chi connectivity index (χ4n) is 5.06. The zero-order chi connectivity index (χ0) is 22.3. The van der Waals surface area contributed by atoms with E-state index in [1.807, 2.05) is 12.1 Å². The molecule has 1 amide bonds. The predicted molar refractivity (Wildman–Crippen MR) is 133 cm³/mol. The summed E-state index contributed by atoms with van der Waals surface area (Å²) < 4.78 is 0. The van der Waals surface area contributed by atoms with Crippen LogP contribution < -0.4 is 16.4 Å². The quantitative estimate of drug-likeness (QED) is 0.464. The summed E-state index contributed by atoms with van der Waals surface area (Å²) >= 11 is 0. The average molecular weight is 430 g/mol. The molecule has 32 heavy (non-hydrogen) atoms. The van der Waals surface area contributed by atoms with Crippen molar-refractivity contribution in [2.24, 2.45) is 11.7 Å². The Balaban J connectivity index is 1.34. The van der Waals surface area contributed by atoms with Gasteiger partial charge in [0, 0.05) is 24.7 Å². The Labute approximate surface area is 191 Å². The smallest absolute Gasteiger partial charge is 0.251 e. The maximum Gasteiger partial charge on any atom is 0.251 e. The van der Waals surface area contributed by atoms with Crippen molar-refractivity contribution >= 4 is 16.7 Å². The van der Waals surface area contributed by atoms with Crippen LogP contribution in [0.3, 0.4) is 0 Å². The number of hydrogen-bond acceptors (Lipinski definition) is 3. The molecule has 0 aliphatic heterocycles. The van der Waals surface area contributed by atoms with Crippen molar-refractivity contribution in [3.63, 3.8) is 0 Å². The van der Waals surface area contributed by atoms with Gasteiger partial charge in [0.2, 0.25) is 0 Å².